The van der Waals surface area contributed by atoms with E-state index >= 15 is 0 Å². The molecule has 4 N–H and O–H groups in total. The Balaban J connectivity index is 1.83. The van der Waals surface area contributed by atoms with Crippen LogP contribution in [0.3, 0.4) is 0 Å². The highest BCUT2D eigenvalue weighted by atomic mass is 32.2. The van der Waals surface area contributed by atoms with Crippen LogP contribution < -0.4 is 11.3 Å². The van der Waals surface area contributed by atoms with Crippen LogP contribution in [0.15, 0.2) is 17.7 Å². The summed E-state index contributed by atoms with van der Waals surface area (Å²) in [5, 5.41) is 14.7. The van der Waals surface area contributed by atoms with E-state index in [-0.39, 0.29) is 5.69 Å². The number of aryl methyl sites for hydroxylation is 1. The SMILES string of the molecule is NNC(=O)c1cn(CCSc2ncn[nH]2)nn1. The standard InChI is InChI=1S/C7H10N8OS/c8-11-6(16)5-3-15(14-12-5)1-2-17-7-9-4-10-13-7/h3-4H,1-2,8H2,(H,11,16)(H,9,10,13). The van der Waals surface area contributed by atoms with Gasteiger partial charge in [0.05, 0.1) is 12.7 Å². The number of rotatable bonds is 5. The number of amides is 1. The minimum atomic E-state index is -0.459. The molecule has 0 aliphatic carbocycles. The van der Waals surface area contributed by atoms with Gasteiger partial charge in [-0.05, 0) is 0 Å². The average molecular weight is 254 g/mol. The van der Waals surface area contributed by atoms with E-state index in [2.05, 4.69) is 25.5 Å². The smallest absolute Gasteiger partial charge is 0.287 e. The Hall–Kier alpha value is -1.94. The van der Waals surface area contributed by atoms with E-state index in [0.29, 0.717) is 6.54 Å². The number of aromatic nitrogens is 6. The molecule has 1 amide bonds. The lowest BCUT2D eigenvalue weighted by atomic mass is 10.5. The molecule has 0 aliphatic rings. The zero-order valence-corrected chi connectivity index (χ0v) is 9.52. The Bertz CT molecular complexity index is 480. The van der Waals surface area contributed by atoms with E-state index in [1.807, 2.05) is 5.43 Å². The Kier molecular flexibility index (Phi) is 3.67. The summed E-state index contributed by atoms with van der Waals surface area (Å²) in [6.45, 7) is 0.607. The molecule has 9 nitrogen and oxygen atoms in total. The summed E-state index contributed by atoms with van der Waals surface area (Å²) in [5.41, 5.74) is 2.18. The maximum atomic E-state index is 11.1. The molecule has 0 atom stereocenters. The number of nitrogens with two attached hydrogens (primary N) is 1. The van der Waals surface area contributed by atoms with Gasteiger partial charge < -0.3 is 0 Å². The van der Waals surface area contributed by atoms with E-state index in [9.17, 15) is 4.79 Å². The third-order valence-corrected chi connectivity index (χ3v) is 2.71. The highest BCUT2D eigenvalue weighted by Gasteiger charge is 2.08. The van der Waals surface area contributed by atoms with Crippen LogP contribution in [0.2, 0.25) is 0 Å². The normalized spacial score (nSPS) is 10.4. The van der Waals surface area contributed by atoms with Crippen molar-refractivity contribution >= 4 is 17.7 Å². The summed E-state index contributed by atoms with van der Waals surface area (Å²) in [6, 6.07) is 0. The Morgan fingerprint density at radius 2 is 2.53 bits per heavy atom. The number of hydrazine groups is 1. The monoisotopic (exact) mass is 254 g/mol. The number of thioether (sulfide) groups is 1. The molecule has 10 heteroatoms. The summed E-state index contributed by atoms with van der Waals surface area (Å²) >= 11 is 1.50. The molecule has 2 heterocycles. The topological polar surface area (TPSA) is 127 Å². The van der Waals surface area contributed by atoms with Gasteiger partial charge in [-0.15, -0.1) is 5.10 Å². The van der Waals surface area contributed by atoms with Gasteiger partial charge in [0, 0.05) is 5.75 Å². The van der Waals surface area contributed by atoms with Crippen molar-refractivity contribution in [1.82, 2.24) is 35.6 Å². The first-order valence-corrected chi connectivity index (χ1v) is 5.67. The van der Waals surface area contributed by atoms with Crippen LogP contribution in [0, 0.1) is 0 Å². The van der Waals surface area contributed by atoms with Crippen molar-refractivity contribution in [1.29, 1.82) is 0 Å². The lowest BCUT2D eigenvalue weighted by Gasteiger charge is -1.97. The van der Waals surface area contributed by atoms with E-state index < -0.39 is 5.91 Å². The fourth-order valence-corrected chi connectivity index (χ4v) is 1.80. The van der Waals surface area contributed by atoms with Crippen LogP contribution in [0.4, 0.5) is 0 Å². The second-order valence-corrected chi connectivity index (χ2v) is 4.06. The van der Waals surface area contributed by atoms with E-state index in [1.54, 1.807) is 4.68 Å². The molecule has 2 aromatic heterocycles. The molecule has 0 aromatic carbocycles. The fraction of sp³-hybridized carbons (Fsp3) is 0.286. The number of carbonyl (C=O) groups is 1. The lowest BCUT2D eigenvalue weighted by Crippen LogP contribution is -2.30. The molecule has 17 heavy (non-hydrogen) atoms. The molecule has 0 saturated heterocycles. The molecule has 90 valence electrons. The highest BCUT2D eigenvalue weighted by Crippen LogP contribution is 2.10. The summed E-state index contributed by atoms with van der Waals surface area (Å²) in [5.74, 6) is 5.26. The van der Waals surface area contributed by atoms with Crippen molar-refractivity contribution < 1.29 is 4.79 Å². The predicted molar refractivity (Wildman–Crippen MR) is 58.8 cm³/mol. The summed E-state index contributed by atoms with van der Waals surface area (Å²) in [4.78, 5) is 15.1. The second kappa shape index (κ2) is 5.41. The van der Waals surface area contributed by atoms with Crippen molar-refractivity contribution in [2.24, 2.45) is 5.84 Å². The first-order valence-electron chi connectivity index (χ1n) is 4.69. The number of H-pyrrole nitrogens is 1. The maximum Gasteiger partial charge on any atom is 0.287 e. The maximum absolute atomic E-state index is 11.1. The molecule has 2 aromatic rings. The first-order chi connectivity index (χ1) is 8.29. The van der Waals surface area contributed by atoms with Gasteiger partial charge >= 0.3 is 0 Å². The van der Waals surface area contributed by atoms with Crippen molar-refractivity contribution in [3.05, 3.63) is 18.2 Å². The molecule has 0 fully saturated rings. The van der Waals surface area contributed by atoms with Crippen molar-refractivity contribution in [3.8, 4) is 0 Å². The number of carbonyl (C=O) groups excluding carboxylic acids is 1. The van der Waals surface area contributed by atoms with Gasteiger partial charge in [-0.3, -0.25) is 20.0 Å². The van der Waals surface area contributed by atoms with Crippen molar-refractivity contribution in [2.75, 3.05) is 5.75 Å². The molecule has 0 bridgehead atoms. The van der Waals surface area contributed by atoms with Gasteiger partial charge in [0.2, 0.25) is 0 Å². The van der Waals surface area contributed by atoms with Gasteiger partial charge in [0.1, 0.15) is 6.33 Å². The number of nitrogens with zero attached hydrogens (tertiary/aromatic N) is 5. The quantitative estimate of drug-likeness (QED) is 0.264. The van der Waals surface area contributed by atoms with Crippen LogP contribution in [-0.4, -0.2) is 41.8 Å². The number of aromatic amines is 1. The van der Waals surface area contributed by atoms with Gasteiger partial charge in [-0.2, -0.15) is 5.10 Å². The largest absolute Gasteiger partial charge is 0.289 e. The number of nitrogens with one attached hydrogen (secondary N) is 2. The third kappa shape index (κ3) is 3.01. The van der Waals surface area contributed by atoms with Crippen molar-refractivity contribution in [3.63, 3.8) is 0 Å². The molecule has 0 saturated carbocycles. The molecule has 0 radical (unpaired) electrons. The number of hydrogen-bond donors (Lipinski definition) is 3. The van der Waals surface area contributed by atoms with Gasteiger partial charge in [0.15, 0.2) is 10.9 Å². The van der Waals surface area contributed by atoms with E-state index in [0.717, 1.165) is 10.9 Å². The first kappa shape index (κ1) is 11.5. The molecular formula is C7H10N8OS. The van der Waals surface area contributed by atoms with Gasteiger partial charge in [0.25, 0.3) is 5.91 Å². The zero-order valence-electron chi connectivity index (χ0n) is 8.70. The average Bonchev–Trinajstić information content (AvgIpc) is 2.99. The van der Waals surface area contributed by atoms with E-state index in [1.165, 1.54) is 24.3 Å². The van der Waals surface area contributed by atoms with Gasteiger partial charge in [-0.25, -0.2) is 10.8 Å². The number of hydrogen-bond acceptors (Lipinski definition) is 7. The summed E-state index contributed by atoms with van der Waals surface area (Å²) in [6.07, 6.45) is 2.98. The van der Waals surface area contributed by atoms with Crippen LogP contribution in [0.5, 0.6) is 0 Å². The van der Waals surface area contributed by atoms with Crippen molar-refractivity contribution in [2.45, 2.75) is 11.7 Å². The van der Waals surface area contributed by atoms with Crippen LogP contribution in [-0.2, 0) is 6.54 Å². The highest BCUT2D eigenvalue weighted by molar-refractivity contribution is 7.99. The Labute approximate surface area is 100 Å². The Morgan fingerprint density at radius 1 is 1.65 bits per heavy atom. The molecule has 2 rings (SSSR count). The molecule has 0 aliphatic heterocycles. The Morgan fingerprint density at radius 3 is 3.24 bits per heavy atom. The number of nitrogen functional groups attached to an aromatic ring is 1. The van der Waals surface area contributed by atoms with Crippen LogP contribution in [0.1, 0.15) is 10.5 Å². The predicted octanol–water partition coefficient (Wildman–Crippen LogP) is -1.21. The lowest BCUT2D eigenvalue weighted by molar-refractivity contribution is 0.0948. The summed E-state index contributed by atoms with van der Waals surface area (Å²) in [7, 11) is 0. The molecule has 0 unspecified atom stereocenters. The van der Waals surface area contributed by atoms with Crippen LogP contribution in [0.25, 0.3) is 0 Å². The third-order valence-electron chi connectivity index (χ3n) is 1.85. The fourth-order valence-electron chi connectivity index (χ4n) is 1.09. The zero-order chi connectivity index (χ0) is 12.1. The van der Waals surface area contributed by atoms with Gasteiger partial charge in [-0.1, -0.05) is 17.0 Å². The van der Waals surface area contributed by atoms with E-state index in [4.69, 9.17) is 5.84 Å². The summed E-state index contributed by atoms with van der Waals surface area (Å²) < 4.78 is 1.56. The molecular weight excluding hydrogens is 244 g/mol. The second-order valence-electron chi connectivity index (χ2n) is 2.98. The minimum absolute atomic E-state index is 0.192. The van der Waals surface area contributed by atoms with Crippen LogP contribution >= 0.6 is 11.8 Å². The molecule has 0 spiro atoms. The minimum Gasteiger partial charge on any atom is -0.289 e.